The van der Waals surface area contributed by atoms with Gasteiger partial charge in [-0.05, 0) is 124 Å². The fraction of sp³-hybridized carbons (Fsp3) is 0.923. The van der Waals surface area contributed by atoms with E-state index >= 15 is 0 Å². The van der Waals surface area contributed by atoms with Crippen LogP contribution >= 0.6 is 0 Å². The van der Waals surface area contributed by atoms with E-state index in [0.29, 0.717) is 30.8 Å². The molecule has 2 saturated heterocycles. The average Bonchev–Trinajstić information content (AvgIpc) is 3.34. The molecule has 2 heterocycles. The van der Waals surface area contributed by atoms with Crippen LogP contribution in [-0.4, -0.2) is 107 Å². The van der Waals surface area contributed by atoms with E-state index < -0.39 is 35.4 Å². The zero-order valence-corrected chi connectivity index (χ0v) is 29.9. The number of aliphatic hydroxyl groups is 4. The number of rotatable bonds is 7. The van der Waals surface area contributed by atoms with Crippen LogP contribution in [0.5, 0.6) is 0 Å². The molecule has 0 aromatic carbocycles. The van der Waals surface area contributed by atoms with Gasteiger partial charge >= 0.3 is 5.97 Å². The van der Waals surface area contributed by atoms with Gasteiger partial charge in [0, 0.05) is 19.6 Å². The third-order valence-electron chi connectivity index (χ3n) is 15.7. The molecule has 0 aromatic heterocycles. The highest BCUT2D eigenvalue weighted by Crippen LogP contribution is 2.71. The predicted octanol–water partition coefficient (Wildman–Crippen LogP) is 4.10. The third kappa shape index (κ3) is 5.65. The van der Waals surface area contributed by atoms with E-state index in [0.717, 1.165) is 97.1 Å². The van der Waals surface area contributed by atoms with Gasteiger partial charge in [0.25, 0.3) is 0 Å². The number of esters is 1. The van der Waals surface area contributed by atoms with Crippen molar-refractivity contribution >= 4 is 5.97 Å². The Morgan fingerprint density at radius 3 is 2.38 bits per heavy atom. The minimum Gasteiger partial charge on any atom is -0.464 e. The number of carbonyl (C=O) groups is 1. The Balaban J connectivity index is 1.09. The first-order valence-electron chi connectivity index (χ1n) is 19.4. The molecule has 6 fully saturated rings. The number of allylic oxidation sites excluding steroid dienone is 2. The second-order valence-corrected chi connectivity index (χ2v) is 17.9. The number of fused-ring (bicyclic) bond motifs is 7. The van der Waals surface area contributed by atoms with E-state index in [-0.39, 0.29) is 41.2 Å². The number of carbonyl (C=O) groups excluding carboxylic acids is 1. The number of hydrogen-bond donors (Lipinski definition) is 4. The van der Waals surface area contributed by atoms with Crippen molar-refractivity contribution in [3.63, 3.8) is 0 Å². The van der Waals surface area contributed by atoms with Crippen molar-refractivity contribution in [1.29, 1.82) is 0 Å². The minimum absolute atomic E-state index is 0.0237. The van der Waals surface area contributed by atoms with Crippen molar-refractivity contribution in [3.8, 4) is 0 Å². The molecule has 2 aliphatic heterocycles. The first-order valence-corrected chi connectivity index (χ1v) is 19.4. The molecule has 7 rings (SSSR count). The molecular weight excluding hydrogens is 610 g/mol. The second kappa shape index (κ2) is 13.2. The molecule has 0 aromatic rings. The zero-order valence-electron chi connectivity index (χ0n) is 29.9. The summed E-state index contributed by atoms with van der Waals surface area (Å²) in [6.07, 6.45) is 9.45. The van der Waals surface area contributed by atoms with Crippen LogP contribution in [0.25, 0.3) is 0 Å². The molecule has 13 unspecified atom stereocenters. The maximum Gasteiger partial charge on any atom is 0.312 e. The van der Waals surface area contributed by atoms with Crippen molar-refractivity contribution in [2.24, 2.45) is 51.8 Å². The van der Waals surface area contributed by atoms with Gasteiger partial charge in [-0.15, -0.1) is 0 Å². The lowest BCUT2D eigenvalue weighted by Crippen LogP contribution is -2.64. The number of ether oxygens (including phenoxy) is 3. The van der Waals surface area contributed by atoms with E-state index in [1.807, 2.05) is 6.92 Å². The van der Waals surface area contributed by atoms with Crippen LogP contribution in [0.2, 0.25) is 0 Å². The lowest BCUT2D eigenvalue weighted by molar-refractivity contribution is -0.213. The Labute approximate surface area is 287 Å². The summed E-state index contributed by atoms with van der Waals surface area (Å²) in [5.41, 5.74) is 0.318. The molecule has 9 nitrogen and oxygen atoms in total. The smallest absolute Gasteiger partial charge is 0.312 e. The molecule has 272 valence electrons. The largest absolute Gasteiger partial charge is 0.464 e. The van der Waals surface area contributed by atoms with Crippen LogP contribution in [0.1, 0.15) is 98.3 Å². The number of aliphatic hydroxyl groups excluding tert-OH is 3. The molecule has 5 aliphatic carbocycles. The molecule has 4 N–H and O–H groups in total. The third-order valence-corrected chi connectivity index (χ3v) is 15.7. The molecule has 0 amide bonds. The van der Waals surface area contributed by atoms with Crippen LogP contribution < -0.4 is 0 Å². The van der Waals surface area contributed by atoms with Crippen LogP contribution in [0.4, 0.5) is 0 Å². The lowest BCUT2D eigenvalue weighted by Gasteiger charge is -2.67. The minimum atomic E-state index is -1.10. The summed E-state index contributed by atoms with van der Waals surface area (Å²) in [6.45, 7) is 13.6. The molecule has 48 heavy (non-hydrogen) atoms. The summed E-state index contributed by atoms with van der Waals surface area (Å²) in [4.78, 5) is 16.4. The summed E-state index contributed by atoms with van der Waals surface area (Å²) in [5.74, 6) is 1.89. The van der Waals surface area contributed by atoms with Crippen molar-refractivity contribution < 1.29 is 39.4 Å². The SMILES string of the molecule is CC1CCC2(C(=O)OCCN3CCOCC3)CCC3C(=CCC4C3(C)CCC3C4(C)CCC(CC4OC(CO)C(O)C4O)[C@@]3(C)O)C2C1. The van der Waals surface area contributed by atoms with Crippen LogP contribution in [-0.2, 0) is 19.0 Å². The van der Waals surface area contributed by atoms with Gasteiger partial charge in [-0.3, -0.25) is 9.69 Å². The number of hydrogen-bond acceptors (Lipinski definition) is 9. The van der Waals surface area contributed by atoms with Gasteiger partial charge in [-0.25, -0.2) is 0 Å². The molecule has 4 saturated carbocycles. The Hall–Kier alpha value is -1.07. The first kappa shape index (κ1) is 35.3. The summed E-state index contributed by atoms with van der Waals surface area (Å²) in [7, 11) is 0. The van der Waals surface area contributed by atoms with Crippen LogP contribution in [0.3, 0.4) is 0 Å². The standard InChI is InChI=1S/C39H63NO8/c1-24-7-13-39(35(44)47-20-17-40-15-18-46-19-16-40)14-9-27-26(28(39)21-24)5-6-31-36(27,2)12-10-32-37(31,3)11-8-25(38(32,4)45)22-29-33(42)34(43)30(23-41)48-29/h5,24-25,27-34,41-43,45H,6-23H2,1-4H3/t24?,25?,27?,28?,29?,30?,31?,32?,33?,34?,36?,37?,38-,39?/m1/s1. The van der Waals surface area contributed by atoms with Gasteiger partial charge in [-0.1, -0.05) is 32.4 Å². The van der Waals surface area contributed by atoms with E-state index in [9.17, 15) is 25.2 Å². The highest BCUT2D eigenvalue weighted by Gasteiger charge is 2.66. The molecule has 0 radical (unpaired) electrons. The van der Waals surface area contributed by atoms with E-state index in [1.54, 1.807) is 5.57 Å². The summed E-state index contributed by atoms with van der Waals surface area (Å²) in [5, 5.41) is 43.0. The van der Waals surface area contributed by atoms with Crippen LogP contribution in [0, 0.1) is 51.8 Å². The van der Waals surface area contributed by atoms with Gasteiger partial charge in [0.1, 0.15) is 24.9 Å². The van der Waals surface area contributed by atoms with E-state index in [1.165, 1.54) is 0 Å². The topological polar surface area (TPSA) is 129 Å². The molecule has 9 heteroatoms. The monoisotopic (exact) mass is 673 g/mol. The van der Waals surface area contributed by atoms with Crippen molar-refractivity contribution in [2.75, 3.05) is 46.1 Å². The quantitative estimate of drug-likeness (QED) is 0.233. The summed E-state index contributed by atoms with van der Waals surface area (Å²) < 4.78 is 17.5. The fourth-order valence-electron chi connectivity index (χ4n) is 12.9. The highest BCUT2D eigenvalue weighted by atomic mass is 16.6. The van der Waals surface area contributed by atoms with Crippen molar-refractivity contribution in [2.45, 2.75) is 128 Å². The molecule has 7 aliphatic rings. The summed E-state index contributed by atoms with van der Waals surface area (Å²) >= 11 is 0. The van der Waals surface area contributed by atoms with Crippen LogP contribution in [0.15, 0.2) is 11.6 Å². The van der Waals surface area contributed by atoms with Crippen molar-refractivity contribution in [3.05, 3.63) is 11.6 Å². The Bertz CT molecular complexity index is 1220. The fourth-order valence-corrected chi connectivity index (χ4v) is 12.9. The summed E-state index contributed by atoms with van der Waals surface area (Å²) in [6, 6.07) is 0. The normalized spacial score (nSPS) is 50.8. The number of morpholine rings is 1. The average molecular weight is 674 g/mol. The van der Waals surface area contributed by atoms with Gasteiger partial charge in [0.15, 0.2) is 0 Å². The van der Waals surface area contributed by atoms with Gasteiger partial charge in [0.05, 0.1) is 36.9 Å². The Kier molecular flexibility index (Phi) is 9.69. The molecular formula is C39H63NO8. The number of nitrogens with zero attached hydrogens (tertiary/aromatic N) is 1. The van der Waals surface area contributed by atoms with E-state index in [2.05, 4.69) is 31.7 Å². The van der Waals surface area contributed by atoms with Gasteiger partial charge in [0.2, 0.25) is 0 Å². The second-order valence-electron chi connectivity index (χ2n) is 17.9. The zero-order chi connectivity index (χ0) is 34.1. The van der Waals surface area contributed by atoms with Gasteiger partial charge in [-0.2, -0.15) is 0 Å². The predicted molar refractivity (Wildman–Crippen MR) is 181 cm³/mol. The Morgan fingerprint density at radius 2 is 1.65 bits per heavy atom. The molecule has 0 spiro atoms. The maximum atomic E-state index is 14.1. The van der Waals surface area contributed by atoms with E-state index in [4.69, 9.17) is 14.2 Å². The van der Waals surface area contributed by atoms with Gasteiger partial charge < -0.3 is 34.6 Å². The maximum absolute atomic E-state index is 14.1. The highest BCUT2D eigenvalue weighted by molar-refractivity contribution is 5.78. The lowest BCUT2D eigenvalue weighted by atomic mass is 9.37. The molecule has 0 bridgehead atoms. The Morgan fingerprint density at radius 1 is 0.938 bits per heavy atom. The molecule has 14 atom stereocenters. The first-order chi connectivity index (χ1) is 22.8. The van der Waals surface area contributed by atoms with Crippen molar-refractivity contribution in [1.82, 2.24) is 4.90 Å².